The number of hydrogen-bond acceptors (Lipinski definition) is 6. The van der Waals surface area contributed by atoms with Crippen LogP contribution in [0.25, 0.3) is 6.08 Å². The summed E-state index contributed by atoms with van der Waals surface area (Å²) < 4.78 is 4.99. The minimum atomic E-state index is -0.655. The monoisotopic (exact) mass is 364 g/mol. The van der Waals surface area contributed by atoms with E-state index in [0.29, 0.717) is 5.56 Å². The number of nitrogens with two attached hydrogens (primary N) is 1. The lowest BCUT2D eigenvalue weighted by molar-refractivity contribution is -0.111. The summed E-state index contributed by atoms with van der Waals surface area (Å²) in [7, 11) is 0. The van der Waals surface area contributed by atoms with Crippen LogP contribution in [-0.4, -0.2) is 24.4 Å². The van der Waals surface area contributed by atoms with Gasteiger partial charge in [-0.1, -0.05) is 6.07 Å². The molecule has 6 nitrogen and oxygen atoms in total. The number of amides is 2. The van der Waals surface area contributed by atoms with Gasteiger partial charge < -0.3 is 15.8 Å². The van der Waals surface area contributed by atoms with Gasteiger partial charge in [-0.2, -0.15) is 0 Å². The van der Waals surface area contributed by atoms with Crippen LogP contribution >= 0.6 is 22.7 Å². The van der Waals surface area contributed by atoms with Crippen molar-refractivity contribution in [3.63, 3.8) is 0 Å². The normalized spacial score (nSPS) is 10.8. The van der Waals surface area contributed by atoms with Gasteiger partial charge in [0.2, 0.25) is 5.91 Å². The molecule has 0 radical (unpaired) electrons. The highest BCUT2D eigenvalue weighted by atomic mass is 32.1. The summed E-state index contributed by atoms with van der Waals surface area (Å²) in [5.41, 5.74) is 5.89. The first-order valence-corrected chi connectivity index (χ1v) is 8.76. The summed E-state index contributed by atoms with van der Waals surface area (Å²) in [6.45, 7) is 3.46. The predicted octanol–water partition coefficient (Wildman–Crippen LogP) is 3.05. The van der Waals surface area contributed by atoms with E-state index < -0.39 is 17.8 Å². The van der Waals surface area contributed by atoms with Gasteiger partial charge in [0.25, 0.3) is 5.91 Å². The lowest BCUT2D eigenvalue weighted by Gasteiger charge is -2.05. The largest absolute Gasteiger partial charge is 0.462 e. The van der Waals surface area contributed by atoms with E-state index in [1.165, 1.54) is 17.4 Å². The Hall–Kier alpha value is -2.45. The van der Waals surface area contributed by atoms with Gasteiger partial charge in [-0.05, 0) is 36.9 Å². The van der Waals surface area contributed by atoms with Crippen molar-refractivity contribution >= 4 is 51.5 Å². The fourth-order valence-electron chi connectivity index (χ4n) is 1.98. The third kappa shape index (κ3) is 4.09. The summed E-state index contributed by atoms with van der Waals surface area (Å²) in [4.78, 5) is 36.8. The molecule has 2 rings (SSSR count). The van der Waals surface area contributed by atoms with Crippen molar-refractivity contribution in [3.05, 3.63) is 44.5 Å². The molecule has 0 saturated heterocycles. The molecule has 0 aliphatic heterocycles. The maximum atomic E-state index is 12.1. The second-order valence-corrected chi connectivity index (χ2v) is 6.68. The van der Waals surface area contributed by atoms with E-state index >= 15 is 0 Å². The molecule has 126 valence electrons. The number of thiophene rings is 2. The molecule has 2 amide bonds. The van der Waals surface area contributed by atoms with Crippen molar-refractivity contribution in [2.45, 2.75) is 13.8 Å². The average molecular weight is 364 g/mol. The molecule has 0 bridgehead atoms. The molecule has 2 aromatic rings. The summed E-state index contributed by atoms with van der Waals surface area (Å²) in [6.07, 6.45) is 3.03. The average Bonchev–Trinajstić information content (AvgIpc) is 3.13. The Morgan fingerprint density at radius 1 is 1.38 bits per heavy atom. The van der Waals surface area contributed by atoms with E-state index in [1.807, 2.05) is 17.5 Å². The molecule has 0 aliphatic rings. The molecule has 2 aromatic heterocycles. The van der Waals surface area contributed by atoms with Gasteiger partial charge in [-0.3, -0.25) is 9.59 Å². The summed E-state index contributed by atoms with van der Waals surface area (Å²) in [5.74, 6) is -1.67. The van der Waals surface area contributed by atoms with Gasteiger partial charge >= 0.3 is 5.97 Å². The van der Waals surface area contributed by atoms with Crippen molar-refractivity contribution in [3.8, 4) is 0 Å². The molecule has 0 spiro atoms. The highest BCUT2D eigenvalue weighted by Gasteiger charge is 2.25. The number of rotatable bonds is 6. The zero-order chi connectivity index (χ0) is 17.7. The molecule has 3 N–H and O–H groups in total. The van der Waals surface area contributed by atoms with Crippen LogP contribution in [0.3, 0.4) is 0 Å². The first kappa shape index (κ1) is 17.9. The summed E-state index contributed by atoms with van der Waals surface area (Å²) in [6, 6.07) is 3.75. The number of primary amides is 1. The zero-order valence-corrected chi connectivity index (χ0v) is 14.8. The van der Waals surface area contributed by atoms with E-state index in [9.17, 15) is 14.4 Å². The Morgan fingerprint density at radius 2 is 2.12 bits per heavy atom. The van der Waals surface area contributed by atoms with Crippen LogP contribution in [0.15, 0.2) is 23.6 Å². The van der Waals surface area contributed by atoms with E-state index in [-0.39, 0.29) is 22.0 Å². The standard InChI is InChI=1S/C16H16N2O4S2/c1-3-22-16(21)12-9(2)13(14(17)20)24-15(12)18-11(19)7-6-10-5-4-8-23-10/h4-8H,3H2,1-2H3,(H2,17,20)(H,18,19)/b7-6+. The molecule has 8 heteroatoms. The molecule has 0 unspecified atom stereocenters. The Morgan fingerprint density at radius 3 is 2.71 bits per heavy atom. The van der Waals surface area contributed by atoms with Crippen molar-refractivity contribution in [2.24, 2.45) is 5.73 Å². The molecule has 2 heterocycles. The van der Waals surface area contributed by atoms with E-state index in [2.05, 4.69) is 5.32 Å². The molecular formula is C16H16N2O4S2. The summed E-state index contributed by atoms with van der Waals surface area (Å²) >= 11 is 2.46. The molecular weight excluding hydrogens is 348 g/mol. The number of esters is 1. The maximum Gasteiger partial charge on any atom is 0.341 e. The van der Waals surface area contributed by atoms with Gasteiger partial charge in [0.1, 0.15) is 5.00 Å². The molecule has 0 aliphatic carbocycles. The number of carbonyl (C=O) groups is 3. The van der Waals surface area contributed by atoms with E-state index in [1.54, 1.807) is 19.9 Å². The second kappa shape index (κ2) is 7.89. The predicted molar refractivity (Wildman–Crippen MR) is 95.5 cm³/mol. The lowest BCUT2D eigenvalue weighted by Crippen LogP contribution is -2.13. The van der Waals surface area contributed by atoms with Crippen molar-refractivity contribution < 1.29 is 19.1 Å². The highest BCUT2D eigenvalue weighted by Crippen LogP contribution is 2.33. The third-order valence-corrected chi connectivity index (χ3v) is 5.09. The number of anilines is 1. The Bertz CT molecular complexity index is 791. The van der Waals surface area contributed by atoms with E-state index in [0.717, 1.165) is 16.2 Å². The van der Waals surface area contributed by atoms with Crippen LogP contribution in [0.4, 0.5) is 5.00 Å². The van der Waals surface area contributed by atoms with Crippen molar-refractivity contribution in [1.82, 2.24) is 0 Å². The van der Waals surface area contributed by atoms with Gasteiger partial charge in [0, 0.05) is 11.0 Å². The minimum absolute atomic E-state index is 0.161. The van der Waals surface area contributed by atoms with Crippen LogP contribution in [0.1, 0.15) is 37.4 Å². The van der Waals surface area contributed by atoms with Crippen molar-refractivity contribution in [1.29, 1.82) is 0 Å². The van der Waals surface area contributed by atoms with Crippen LogP contribution < -0.4 is 11.1 Å². The number of nitrogens with one attached hydrogen (secondary N) is 1. The first-order valence-electron chi connectivity index (χ1n) is 7.07. The SMILES string of the molecule is CCOC(=O)c1c(NC(=O)/C=C/c2cccs2)sc(C(N)=O)c1C. The van der Waals surface area contributed by atoms with Crippen LogP contribution in [0, 0.1) is 6.92 Å². The maximum absolute atomic E-state index is 12.1. The van der Waals surface area contributed by atoms with Gasteiger partial charge in [-0.15, -0.1) is 22.7 Å². The summed E-state index contributed by atoms with van der Waals surface area (Å²) in [5, 5.41) is 4.77. The Balaban J connectivity index is 2.27. The van der Waals surface area contributed by atoms with Crippen LogP contribution in [0.2, 0.25) is 0 Å². The van der Waals surface area contributed by atoms with Gasteiger partial charge in [-0.25, -0.2) is 4.79 Å². The number of carbonyl (C=O) groups excluding carboxylic acids is 3. The third-order valence-electron chi connectivity index (χ3n) is 3.03. The van der Waals surface area contributed by atoms with Gasteiger partial charge in [0.15, 0.2) is 0 Å². The molecule has 24 heavy (non-hydrogen) atoms. The zero-order valence-electron chi connectivity index (χ0n) is 13.1. The first-order chi connectivity index (χ1) is 11.4. The number of hydrogen-bond donors (Lipinski definition) is 2. The molecule has 0 fully saturated rings. The van der Waals surface area contributed by atoms with E-state index in [4.69, 9.17) is 10.5 Å². The quantitative estimate of drug-likeness (QED) is 0.608. The Labute approximate surface area is 146 Å². The molecule has 0 aromatic carbocycles. The molecule has 0 saturated carbocycles. The lowest BCUT2D eigenvalue weighted by atomic mass is 10.1. The second-order valence-electron chi connectivity index (χ2n) is 4.68. The van der Waals surface area contributed by atoms with Crippen molar-refractivity contribution in [2.75, 3.05) is 11.9 Å². The minimum Gasteiger partial charge on any atom is -0.462 e. The highest BCUT2D eigenvalue weighted by molar-refractivity contribution is 7.18. The Kier molecular flexibility index (Phi) is 5.88. The molecule has 0 atom stereocenters. The fourth-order valence-corrected chi connectivity index (χ4v) is 3.65. The number of ether oxygens (including phenoxy) is 1. The van der Waals surface area contributed by atoms with Crippen LogP contribution in [0.5, 0.6) is 0 Å². The fraction of sp³-hybridized carbons (Fsp3) is 0.188. The topological polar surface area (TPSA) is 98.5 Å². The van der Waals surface area contributed by atoms with Gasteiger partial charge in [0.05, 0.1) is 17.0 Å². The smallest absolute Gasteiger partial charge is 0.341 e. The van der Waals surface area contributed by atoms with Crippen LogP contribution in [-0.2, 0) is 9.53 Å².